The fourth-order valence-electron chi connectivity index (χ4n) is 3.13. The molecule has 3 unspecified atom stereocenters. The molecule has 0 aromatic rings. The van der Waals surface area contributed by atoms with Gasteiger partial charge in [0.1, 0.15) is 6.10 Å². The molecule has 2 rings (SSSR count). The van der Waals surface area contributed by atoms with Crippen molar-refractivity contribution in [2.45, 2.75) is 52.6 Å². The van der Waals surface area contributed by atoms with Crippen LogP contribution >= 0.6 is 0 Å². The van der Waals surface area contributed by atoms with Crippen molar-refractivity contribution in [1.29, 1.82) is 0 Å². The molecule has 0 spiro atoms. The van der Waals surface area contributed by atoms with Gasteiger partial charge in [0.25, 0.3) is 0 Å². The van der Waals surface area contributed by atoms with Gasteiger partial charge in [-0.3, -0.25) is 9.59 Å². The van der Waals surface area contributed by atoms with Crippen LogP contribution in [0.3, 0.4) is 0 Å². The van der Waals surface area contributed by atoms with Gasteiger partial charge in [0.05, 0.1) is 6.61 Å². The van der Waals surface area contributed by atoms with E-state index >= 15 is 0 Å². The van der Waals surface area contributed by atoms with Crippen LogP contribution in [0.4, 0.5) is 0 Å². The topological polar surface area (TPSA) is 52.6 Å². The predicted octanol–water partition coefficient (Wildman–Crippen LogP) is 2.55. The summed E-state index contributed by atoms with van der Waals surface area (Å²) >= 11 is 0. The van der Waals surface area contributed by atoms with E-state index in [1.54, 1.807) is 0 Å². The Hall–Kier alpha value is -1.06. The van der Waals surface area contributed by atoms with Crippen molar-refractivity contribution in [1.82, 2.24) is 0 Å². The first-order valence-corrected chi connectivity index (χ1v) is 7.32. The van der Waals surface area contributed by atoms with Crippen molar-refractivity contribution in [2.24, 2.45) is 23.7 Å². The molecule has 0 radical (unpaired) electrons. The van der Waals surface area contributed by atoms with Crippen LogP contribution in [0.2, 0.25) is 0 Å². The normalized spacial score (nSPS) is 33.8. The zero-order chi connectivity index (χ0) is 14.0. The van der Waals surface area contributed by atoms with Gasteiger partial charge in [-0.2, -0.15) is 0 Å². The van der Waals surface area contributed by atoms with Gasteiger partial charge in [0, 0.05) is 12.8 Å². The predicted molar refractivity (Wildman–Crippen MR) is 70.3 cm³/mol. The molecule has 4 atom stereocenters. The van der Waals surface area contributed by atoms with E-state index in [-0.39, 0.29) is 18.0 Å². The lowest BCUT2D eigenvalue weighted by atomic mass is 9.74. The molecule has 0 aliphatic carbocycles. The summed E-state index contributed by atoms with van der Waals surface area (Å²) in [4.78, 5) is 22.8. The van der Waals surface area contributed by atoms with Gasteiger partial charge in [0.15, 0.2) is 0 Å². The molecule has 0 aromatic carbocycles. The van der Waals surface area contributed by atoms with E-state index in [1.165, 1.54) is 0 Å². The van der Waals surface area contributed by atoms with E-state index in [2.05, 4.69) is 20.8 Å². The number of hydrogen-bond donors (Lipinski definition) is 0. The molecule has 4 heteroatoms. The highest BCUT2D eigenvalue weighted by Crippen LogP contribution is 2.37. The number of cyclic esters (lactones) is 2. The largest absolute Gasteiger partial charge is 0.465 e. The Labute approximate surface area is 114 Å². The Balaban J connectivity index is 1.95. The van der Waals surface area contributed by atoms with Crippen LogP contribution in [0.15, 0.2) is 0 Å². The summed E-state index contributed by atoms with van der Waals surface area (Å²) in [5.41, 5.74) is 0. The quantitative estimate of drug-likeness (QED) is 0.738. The molecule has 108 valence electrons. The second kappa shape index (κ2) is 5.93. The Morgan fingerprint density at radius 3 is 2.42 bits per heavy atom. The first-order chi connectivity index (χ1) is 8.97. The van der Waals surface area contributed by atoms with Crippen LogP contribution in [0, 0.1) is 23.7 Å². The molecule has 2 saturated heterocycles. The third-order valence-corrected chi connectivity index (χ3v) is 4.66. The van der Waals surface area contributed by atoms with Crippen LogP contribution in [0.1, 0.15) is 46.5 Å². The maximum Gasteiger partial charge on any atom is 0.306 e. The number of carbonyl (C=O) groups excluding carboxylic acids is 2. The van der Waals surface area contributed by atoms with Crippen molar-refractivity contribution in [2.75, 3.05) is 6.61 Å². The summed E-state index contributed by atoms with van der Waals surface area (Å²) < 4.78 is 10.6. The number of esters is 2. The van der Waals surface area contributed by atoms with E-state index in [4.69, 9.17) is 9.47 Å². The smallest absolute Gasteiger partial charge is 0.306 e. The highest BCUT2D eigenvalue weighted by atomic mass is 16.5. The molecule has 2 heterocycles. The van der Waals surface area contributed by atoms with Crippen LogP contribution in [-0.4, -0.2) is 24.6 Å². The number of ether oxygens (including phenoxy) is 2. The van der Waals surface area contributed by atoms with Crippen LogP contribution in [0.25, 0.3) is 0 Å². The summed E-state index contributed by atoms with van der Waals surface area (Å²) in [6.07, 6.45) is 2.89. The maximum atomic E-state index is 11.7. The average Bonchev–Trinajstić information content (AvgIpc) is 2.38. The summed E-state index contributed by atoms with van der Waals surface area (Å²) in [6.45, 7) is 6.88. The van der Waals surface area contributed by atoms with Crippen molar-refractivity contribution in [3.63, 3.8) is 0 Å². The molecule has 4 nitrogen and oxygen atoms in total. The van der Waals surface area contributed by atoms with E-state index in [9.17, 15) is 9.59 Å². The first kappa shape index (κ1) is 14.4. The van der Waals surface area contributed by atoms with Gasteiger partial charge in [-0.05, 0) is 36.5 Å². The fraction of sp³-hybridized carbons (Fsp3) is 0.867. The van der Waals surface area contributed by atoms with Gasteiger partial charge >= 0.3 is 11.9 Å². The molecule has 2 aliphatic heterocycles. The van der Waals surface area contributed by atoms with Crippen LogP contribution in [-0.2, 0) is 19.1 Å². The monoisotopic (exact) mass is 268 g/mol. The summed E-state index contributed by atoms with van der Waals surface area (Å²) in [5, 5.41) is 0. The molecule has 0 saturated carbocycles. The Morgan fingerprint density at radius 2 is 1.84 bits per heavy atom. The maximum absolute atomic E-state index is 11.7. The number of carbonyl (C=O) groups is 2. The molecular formula is C15H24O4. The Kier molecular flexibility index (Phi) is 4.48. The molecule has 19 heavy (non-hydrogen) atoms. The minimum atomic E-state index is -0.0911. The molecule has 0 aromatic heterocycles. The third-order valence-electron chi connectivity index (χ3n) is 4.66. The molecule has 2 aliphatic rings. The number of rotatable bonds is 3. The van der Waals surface area contributed by atoms with Crippen molar-refractivity contribution in [3.8, 4) is 0 Å². The Bertz CT molecular complexity index is 340. The molecule has 2 fully saturated rings. The highest BCUT2D eigenvalue weighted by molar-refractivity contribution is 5.71. The van der Waals surface area contributed by atoms with Gasteiger partial charge < -0.3 is 9.47 Å². The first-order valence-electron chi connectivity index (χ1n) is 7.32. The van der Waals surface area contributed by atoms with Crippen LogP contribution < -0.4 is 0 Å². The second-order valence-electron chi connectivity index (χ2n) is 6.31. The lowest BCUT2D eigenvalue weighted by Gasteiger charge is -2.38. The standard InChI is InChI=1S/C15H24O4/c1-9(2)13-6-12(7-15(17)19-13)10(3)11-4-5-14(16)18-8-11/h9-13H,4-8H2,1-3H3/t10?,11?,12-,13?/m1/s1. The van der Waals surface area contributed by atoms with E-state index in [0.717, 1.165) is 12.8 Å². The zero-order valence-electron chi connectivity index (χ0n) is 12.1. The van der Waals surface area contributed by atoms with Gasteiger partial charge in [-0.1, -0.05) is 20.8 Å². The average molecular weight is 268 g/mol. The SMILES string of the molecule is CC(C)C1C[C@@H](C(C)C2CCC(=O)OC2)CC(=O)O1. The minimum Gasteiger partial charge on any atom is -0.465 e. The molecular weight excluding hydrogens is 244 g/mol. The fourth-order valence-corrected chi connectivity index (χ4v) is 3.13. The van der Waals surface area contributed by atoms with Crippen molar-refractivity contribution < 1.29 is 19.1 Å². The van der Waals surface area contributed by atoms with Gasteiger partial charge in [-0.15, -0.1) is 0 Å². The minimum absolute atomic E-state index is 0.0415. The summed E-state index contributed by atoms with van der Waals surface area (Å²) in [7, 11) is 0. The zero-order valence-corrected chi connectivity index (χ0v) is 12.1. The molecule has 0 amide bonds. The third kappa shape index (κ3) is 3.48. The van der Waals surface area contributed by atoms with Crippen LogP contribution in [0.5, 0.6) is 0 Å². The van der Waals surface area contributed by atoms with Crippen molar-refractivity contribution in [3.05, 3.63) is 0 Å². The van der Waals surface area contributed by atoms with E-state index in [0.29, 0.717) is 43.1 Å². The second-order valence-corrected chi connectivity index (χ2v) is 6.31. The molecule has 0 N–H and O–H groups in total. The lowest BCUT2D eigenvalue weighted by Crippen LogP contribution is -2.39. The molecule has 0 bridgehead atoms. The van der Waals surface area contributed by atoms with E-state index in [1.807, 2.05) is 0 Å². The van der Waals surface area contributed by atoms with Gasteiger partial charge in [-0.25, -0.2) is 0 Å². The lowest BCUT2D eigenvalue weighted by molar-refractivity contribution is -0.164. The van der Waals surface area contributed by atoms with Crippen molar-refractivity contribution >= 4 is 11.9 Å². The summed E-state index contributed by atoms with van der Waals surface area (Å²) in [6, 6.07) is 0. The summed E-state index contributed by atoms with van der Waals surface area (Å²) in [5.74, 6) is 1.35. The number of hydrogen-bond acceptors (Lipinski definition) is 4. The van der Waals surface area contributed by atoms with E-state index < -0.39 is 0 Å². The Morgan fingerprint density at radius 1 is 1.11 bits per heavy atom. The highest BCUT2D eigenvalue weighted by Gasteiger charge is 2.37. The van der Waals surface area contributed by atoms with Gasteiger partial charge in [0.2, 0.25) is 0 Å².